The molecule has 0 aliphatic heterocycles. The molecular weight excluding hydrogens is 464 g/mol. The van der Waals surface area contributed by atoms with Gasteiger partial charge in [0.1, 0.15) is 5.76 Å². The molecule has 156 valence electrons. The van der Waals surface area contributed by atoms with Crippen molar-refractivity contribution in [2.24, 2.45) is 5.41 Å². The van der Waals surface area contributed by atoms with Gasteiger partial charge in [0.25, 0.3) is 0 Å². The van der Waals surface area contributed by atoms with Crippen LogP contribution in [0.4, 0.5) is 0 Å². The molecule has 1 aliphatic carbocycles. The molecule has 1 aliphatic rings. The van der Waals surface area contributed by atoms with Crippen molar-refractivity contribution in [2.45, 2.75) is 18.3 Å². The molecule has 5 heteroatoms. The number of halogens is 1. The molecule has 0 radical (unpaired) electrons. The van der Waals surface area contributed by atoms with E-state index in [0.717, 1.165) is 10.0 Å². The number of rotatable bonds is 3. The molecule has 0 spiro atoms. The first-order valence-corrected chi connectivity index (χ1v) is 11.0. The van der Waals surface area contributed by atoms with Gasteiger partial charge in [0.05, 0.1) is 12.1 Å². The van der Waals surface area contributed by atoms with Gasteiger partial charge in [0.15, 0.2) is 11.2 Å². The van der Waals surface area contributed by atoms with Crippen molar-refractivity contribution in [1.29, 1.82) is 10.5 Å². The first-order chi connectivity index (χ1) is 15.5. The lowest BCUT2D eigenvalue weighted by Crippen LogP contribution is -2.42. The molecule has 0 heterocycles. The van der Waals surface area contributed by atoms with Gasteiger partial charge in [-0.15, -0.1) is 0 Å². The van der Waals surface area contributed by atoms with Gasteiger partial charge in [-0.05, 0) is 23.3 Å². The Labute approximate surface area is 195 Å². The number of benzene rings is 3. The van der Waals surface area contributed by atoms with E-state index < -0.39 is 17.3 Å². The lowest BCUT2D eigenvalue weighted by molar-refractivity contribution is -0.118. The molecule has 0 saturated heterocycles. The Morgan fingerprint density at radius 1 is 0.875 bits per heavy atom. The zero-order chi connectivity index (χ0) is 22.7. The fourth-order valence-electron chi connectivity index (χ4n) is 4.53. The number of hydrogen-bond donors (Lipinski definition) is 1. The number of nitrogens with zero attached hydrogens (tertiary/aromatic N) is 2. The van der Waals surface area contributed by atoms with Crippen LogP contribution >= 0.6 is 15.9 Å². The SMILES string of the molecule is N#CC1(C#N)[C@H](c2ccccc2)CC(=O)/C(=C(/O)c2ccc(Br)cc2)[C@H]1c1ccccc1. The molecule has 2 atom stereocenters. The number of hydrogen-bond acceptors (Lipinski definition) is 4. The van der Waals surface area contributed by atoms with Gasteiger partial charge in [0, 0.05) is 33.9 Å². The van der Waals surface area contributed by atoms with Crippen molar-refractivity contribution in [3.63, 3.8) is 0 Å². The summed E-state index contributed by atoms with van der Waals surface area (Å²) in [6.07, 6.45) is -0.0373. The Morgan fingerprint density at radius 3 is 1.94 bits per heavy atom. The summed E-state index contributed by atoms with van der Waals surface area (Å²) in [5, 5.41) is 32.1. The molecule has 0 amide bonds. The lowest BCUT2D eigenvalue weighted by Gasteiger charge is -2.41. The third-order valence-corrected chi connectivity index (χ3v) is 6.59. The second kappa shape index (κ2) is 8.83. The minimum absolute atomic E-state index is 0.0373. The van der Waals surface area contributed by atoms with Crippen LogP contribution in [0.1, 0.15) is 34.9 Å². The maximum atomic E-state index is 13.5. The molecule has 3 aromatic carbocycles. The Balaban J connectivity index is 2.01. The highest BCUT2D eigenvalue weighted by Gasteiger charge is 2.56. The fourth-order valence-corrected chi connectivity index (χ4v) is 4.79. The van der Waals surface area contributed by atoms with E-state index in [2.05, 4.69) is 28.1 Å². The van der Waals surface area contributed by atoms with Crippen LogP contribution in [-0.4, -0.2) is 10.9 Å². The van der Waals surface area contributed by atoms with E-state index in [1.54, 1.807) is 48.5 Å². The predicted octanol–water partition coefficient (Wildman–Crippen LogP) is 6.29. The maximum Gasteiger partial charge on any atom is 0.164 e. The monoisotopic (exact) mass is 482 g/mol. The van der Waals surface area contributed by atoms with Crippen LogP contribution in [0, 0.1) is 28.1 Å². The summed E-state index contributed by atoms with van der Waals surface area (Å²) in [6, 6.07) is 29.7. The fraction of sp³-hybridized carbons (Fsp3) is 0.148. The van der Waals surface area contributed by atoms with Crippen molar-refractivity contribution in [3.05, 3.63) is 112 Å². The van der Waals surface area contributed by atoms with E-state index in [-0.39, 0.29) is 23.5 Å². The summed E-state index contributed by atoms with van der Waals surface area (Å²) in [7, 11) is 0. The summed E-state index contributed by atoms with van der Waals surface area (Å²) in [4.78, 5) is 13.5. The lowest BCUT2D eigenvalue weighted by atomic mass is 9.55. The van der Waals surface area contributed by atoms with Gasteiger partial charge in [-0.25, -0.2) is 0 Å². The highest BCUT2D eigenvalue weighted by molar-refractivity contribution is 9.10. The first-order valence-electron chi connectivity index (χ1n) is 10.2. The molecule has 4 nitrogen and oxygen atoms in total. The molecule has 1 N–H and O–H groups in total. The van der Waals surface area contributed by atoms with Gasteiger partial charge < -0.3 is 5.11 Å². The van der Waals surface area contributed by atoms with Crippen LogP contribution < -0.4 is 0 Å². The van der Waals surface area contributed by atoms with Crippen LogP contribution in [0.25, 0.3) is 5.76 Å². The largest absolute Gasteiger partial charge is 0.507 e. The average molecular weight is 483 g/mol. The second-order valence-electron chi connectivity index (χ2n) is 7.80. The number of ketones is 1. The van der Waals surface area contributed by atoms with E-state index >= 15 is 0 Å². The van der Waals surface area contributed by atoms with Gasteiger partial charge in [0.2, 0.25) is 0 Å². The van der Waals surface area contributed by atoms with Crippen LogP contribution in [-0.2, 0) is 4.79 Å². The molecule has 0 bridgehead atoms. The van der Waals surface area contributed by atoms with Crippen LogP contribution in [0.2, 0.25) is 0 Å². The van der Waals surface area contributed by atoms with Crippen LogP contribution in [0.5, 0.6) is 0 Å². The molecule has 3 aromatic rings. The van der Waals surface area contributed by atoms with Crippen molar-refractivity contribution < 1.29 is 9.90 Å². The van der Waals surface area contributed by atoms with Crippen molar-refractivity contribution in [1.82, 2.24) is 0 Å². The standard InChI is InChI=1S/C27H19BrN2O2/c28-21-13-11-20(12-14-21)26(32)24-23(31)15-22(18-7-3-1-4-8-18)27(16-29,17-30)25(24)19-9-5-2-6-10-19/h1-14,22,25,32H,15H2/b26-24-/t22-,25+/m0/s1. The van der Waals surface area contributed by atoms with Gasteiger partial charge >= 0.3 is 0 Å². The Bertz CT molecular complexity index is 1240. The zero-order valence-electron chi connectivity index (χ0n) is 17.1. The molecule has 0 unspecified atom stereocenters. The third kappa shape index (κ3) is 3.62. The zero-order valence-corrected chi connectivity index (χ0v) is 18.7. The molecule has 4 rings (SSSR count). The number of nitriles is 2. The predicted molar refractivity (Wildman–Crippen MR) is 125 cm³/mol. The number of aliphatic hydroxyl groups is 1. The highest BCUT2D eigenvalue weighted by Crippen LogP contribution is 2.56. The highest BCUT2D eigenvalue weighted by atomic mass is 79.9. The molecular formula is C27H19BrN2O2. The van der Waals surface area contributed by atoms with Crippen molar-refractivity contribution >= 4 is 27.5 Å². The number of Topliss-reactive ketones (excluding diaryl/α,β-unsaturated/α-hetero) is 1. The minimum atomic E-state index is -1.57. The number of aliphatic hydroxyl groups excluding tert-OH is 1. The number of allylic oxidation sites excluding steroid dienone is 1. The summed E-state index contributed by atoms with van der Waals surface area (Å²) in [5.41, 5.74) is 0.388. The summed E-state index contributed by atoms with van der Waals surface area (Å²) >= 11 is 3.37. The number of carbonyl (C=O) groups excluding carboxylic acids is 1. The Morgan fingerprint density at radius 2 is 1.41 bits per heavy atom. The van der Waals surface area contributed by atoms with E-state index in [9.17, 15) is 20.4 Å². The second-order valence-corrected chi connectivity index (χ2v) is 8.71. The summed E-state index contributed by atoms with van der Waals surface area (Å²) in [5.74, 6) is -2.00. The molecule has 1 saturated carbocycles. The first kappa shape index (κ1) is 21.6. The summed E-state index contributed by atoms with van der Waals surface area (Å²) in [6.45, 7) is 0. The van der Waals surface area contributed by atoms with Crippen molar-refractivity contribution in [2.75, 3.05) is 0 Å². The quantitative estimate of drug-likeness (QED) is 0.350. The summed E-state index contributed by atoms with van der Waals surface area (Å²) < 4.78 is 0.834. The number of carbonyl (C=O) groups is 1. The minimum Gasteiger partial charge on any atom is -0.507 e. The average Bonchev–Trinajstić information content (AvgIpc) is 2.84. The van der Waals surface area contributed by atoms with Crippen LogP contribution in [0.3, 0.4) is 0 Å². The molecule has 32 heavy (non-hydrogen) atoms. The molecule has 1 fully saturated rings. The van der Waals surface area contributed by atoms with Gasteiger partial charge in [-0.1, -0.05) is 88.7 Å². The van der Waals surface area contributed by atoms with Crippen molar-refractivity contribution in [3.8, 4) is 12.1 Å². The maximum absolute atomic E-state index is 13.5. The normalized spacial score (nSPS) is 21.3. The smallest absolute Gasteiger partial charge is 0.164 e. The van der Waals surface area contributed by atoms with Gasteiger partial charge in [-0.2, -0.15) is 10.5 Å². The van der Waals surface area contributed by atoms with E-state index in [0.29, 0.717) is 11.1 Å². The molecule has 0 aromatic heterocycles. The van der Waals surface area contributed by atoms with E-state index in [1.807, 2.05) is 36.4 Å². The van der Waals surface area contributed by atoms with E-state index in [4.69, 9.17) is 0 Å². The topological polar surface area (TPSA) is 84.9 Å². The van der Waals surface area contributed by atoms with Gasteiger partial charge in [-0.3, -0.25) is 4.79 Å². The van der Waals surface area contributed by atoms with Crippen LogP contribution in [0.15, 0.2) is 95.0 Å². The Kier molecular flexibility index (Phi) is 5.95. The van der Waals surface area contributed by atoms with E-state index in [1.165, 1.54) is 0 Å². The third-order valence-electron chi connectivity index (χ3n) is 6.06. The Hall–Kier alpha value is -3.67.